The van der Waals surface area contributed by atoms with Crippen LogP contribution in [-0.2, 0) is 26.7 Å². The zero-order chi connectivity index (χ0) is 20.5. The molecule has 27 heavy (non-hydrogen) atoms. The Morgan fingerprint density at radius 1 is 1.37 bits per heavy atom. The number of aromatic nitrogens is 2. The minimum Gasteiger partial charge on any atom is -0.475 e. The SMILES string of the molecule is Cn1cnc(S(=O)(=O)N2CCCC3(CCNC3=O)C2)c1.O=C(O)C(F)(F)F. The molecule has 0 radical (unpaired) electrons. The monoisotopic (exact) mass is 412 g/mol. The lowest BCUT2D eigenvalue weighted by molar-refractivity contribution is -0.192. The lowest BCUT2D eigenvalue weighted by Gasteiger charge is -2.37. The van der Waals surface area contributed by atoms with E-state index in [1.165, 1.54) is 16.8 Å². The van der Waals surface area contributed by atoms with Gasteiger partial charge in [-0.1, -0.05) is 0 Å². The molecule has 2 aliphatic rings. The Balaban J connectivity index is 0.000000321. The van der Waals surface area contributed by atoms with E-state index in [-0.39, 0.29) is 17.5 Å². The Morgan fingerprint density at radius 3 is 2.44 bits per heavy atom. The minimum absolute atomic E-state index is 0.0154. The van der Waals surface area contributed by atoms with E-state index in [2.05, 4.69) is 10.3 Å². The first kappa shape index (κ1) is 21.2. The van der Waals surface area contributed by atoms with Gasteiger partial charge in [-0.3, -0.25) is 4.79 Å². The first-order valence-corrected chi connectivity index (χ1v) is 9.39. The molecule has 9 nitrogen and oxygen atoms in total. The number of alkyl halides is 3. The van der Waals surface area contributed by atoms with Crippen molar-refractivity contribution in [2.24, 2.45) is 12.5 Å². The molecule has 2 fully saturated rings. The molecule has 1 spiro atoms. The number of carbonyl (C=O) groups excluding carboxylic acids is 1. The number of hydrogen-bond donors (Lipinski definition) is 2. The van der Waals surface area contributed by atoms with Gasteiger partial charge in [-0.05, 0) is 19.3 Å². The van der Waals surface area contributed by atoms with E-state index < -0.39 is 27.6 Å². The first-order valence-electron chi connectivity index (χ1n) is 7.95. The van der Waals surface area contributed by atoms with E-state index in [1.54, 1.807) is 11.6 Å². The van der Waals surface area contributed by atoms with Crippen LogP contribution in [-0.4, -0.2) is 65.1 Å². The molecule has 1 unspecified atom stereocenters. The van der Waals surface area contributed by atoms with E-state index in [0.29, 0.717) is 25.9 Å². The van der Waals surface area contributed by atoms with Crippen molar-refractivity contribution in [3.63, 3.8) is 0 Å². The Hall–Kier alpha value is -2.15. The van der Waals surface area contributed by atoms with Crippen LogP contribution in [0.3, 0.4) is 0 Å². The average Bonchev–Trinajstić information content (AvgIpc) is 3.15. The summed E-state index contributed by atoms with van der Waals surface area (Å²) in [5.41, 5.74) is -0.542. The molecule has 3 rings (SSSR count). The number of carboxylic acid groups (broad SMARTS) is 1. The molecular formula is C14H19F3N4O5S. The number of imidazole rings is 1. The van der Waals surface area contributed by atoms with Crippen molar-refractivity contribution in [2.75, 3.05) is 19.6 Å². The molecule has 152 valence electrons. The van der Waals surface area contributed by atoms with Gasteiger partial charge in [0.25, 0.3) is 10.0 Å². The van der Waals surface area contributed by atoms with Crippen LogP contribution in [0.5, 0.6) is 0 Å². The van der Waals surface area contributed by atoms with Gasteiger partial charge in [0.2, 0.25) is 5.91 Å². The number of nitrogens with zero attached hydrogens (tertiary/aromatic N) is 3. The second-order valence-corrected chi connectivity index (χ2v) is 8.29. The van der Waals surface area contributed by atoms with Crippen molar-refractivity contribution in [1.29, 1.82) is 0 Å². The van der Waals surface area contributed by atoms with Crippen LogP contribution in [0.1, 0.15) is 19.3 Å². The fourth-order valence-electron chi connectivity index (χ4n) is 3.05. The predicted molar refractivity (Wildman–Crippen MR) is 85.0 cm³/mol. The predicted octanol–water partition coefficient (Wildman–Crippen LogP) is 0.344. The molecular weight excluding hydrogens is 393 g/mol. The van der Waals surface area contributed by atoms with Gasteiger partial charge in [0.1, 0.15) is 0 Å². The lowest BCUT2D eigenvalue weighted by atomic mass is 9.79. The van der Waals surface area contributed by atoms with Crippen molar-refractivity contribution in [3.8, 4) is 0 Å². The molecule has 2 saturated heterocycles. The average molecular weight is 412 g/mol. The molecule has 0 bridgehead atoms. The summed E-state index contributed by atoms with van der Waals surface area (Å²) in [5, 5.41) is 9.99. The molecule has 1 aromatic rings. The maximum atomic E-state index is 12.6. The van der Waals surface area contributed by atoms with Gasteiger partial charge in [0, 0.05) is 32.9 Å². The normalized spacial score (nSPS) is 23.6. The Labute approximate surface area is 153 Å². The van der Waals surface area contributed by atoms with Crippen molar-refractivity contribution >= 4 is 21.9 Å². The molecule has 13 heteroatoms. The number of amides is 1. The van der Waals surface area contributed by atoms with Crippen LogP contribution in [0.2, 0.25) is 0 Å². The molecule has 0 aliphatic carbocycles. The number of sulfonamides is 1. The molecule has 0 aromatic carbocycles. The van der Waals surface area contributed by atoms with Crippen molar-refractivity contribution < 1.29 is 36.3 Å². The molecule has 0 saturated carbocycles. The fourth-order valence-corrected chi connectivity index (χ4v) is 4.59. The summed E-state index contributed by atoms with van der Waals surface area (Å²) in [4.78, 5) is 24.8. The highest BCUT2D eigenvalue weighted by Gasteiger charge is 2.48. The number of carbonyl (C=O) groups is 2. The second kappa shape index (κ2) is 7.46. The van der Waals surface area contributed by atoms with Gasteiger partial charge in [-0.25, -0.2) is 18.2 Å². The highest BCUT2D eigenvalue weighted by Crippen LogP contribution is 2.38. The largest absolute Gasteiger partial charge is 0.490 e. The van der Waals surface area contributed by atoms with Crippen LogP contribution in [0.25, 0.3) is 0 Å². The van der Waals surface area contributed by atoms with Crippen LogP contribution >= 0.6 is 0 Å². The molecule has 3 heterocycles. The van der Waals surface area contributed by atoms with Gasteiger partial charge in [0.15, 0.2) is 5.03 Å². The molecule has 2 N–H and O–H groups in total. The highest BCUT2D eigenvalue weighted by atomic mass is 32.2. The van der Waals surface area contributed by atoms with Gasteiger partial charge < -0.3 is 15.0 Å². The van der Waals surface area contributed by atoms with E-state index in [4.69, 9.17) is 9.90 Å². The number of aryl methyl sites for hydroxylation is 1. The Morgan fingerprint density at radius 2 is 2.00 bits per heavy atom. The van der Waals surface area contributed by atoms with Crippen molar-refractivity contribution in [1.82, 2.24) is 19.2 Å². The third-order valence-electron chi connectivity index (χ3n) is 4.44. The summed E-state index contributed by atoms with van der Waals surface area (Å²) in [5.74, 6) is -2.77. The minimum atomic E-state index is -5.08. The summed E-state index contributed by atoms with van der Waals surface area (Å²) in [6, 6.07) is 0. The lowest BCUT2D eigenvalue weighted by Crippen LogP contribution is -2.49. The van der Waals surface area contributed by atoms with Crippen LogP contribution < -0.4 is 5.32 Å². The summed E-state index contributed by atoms with van der Waals surface area (Å²) < 4.78 is 59.9. The smallest absolute Gasteiger partial charge is 0.475 e. The maximum Gasteiger partial charge on any atom is 0.490 e. The summed E-state index contributed by atoms with van der Waals surface area (Å²) in [6.07, 6.45) is 0.0484. The third-order valence-corrected chi connectivity index (χ3v) is 6.17. The van der Waals surface area contributed by atoms with Gasteiger partial charge in [0.05, 0.1) is 11.7 Å². The number of rotatable bonds is 2. The van der Waals surface area contributed by atoms with Gasteiger partial charge in [-0.15, -0.1) is 0 Å². The molecule has 1 atom stereocenters. The standard InChI is InChI=1S/C12H18N4O3S.C2HF3O2/c1-15-7-10(14-9-15)20(18,19)16-6-2-3-12(8-16)4-5-13-11(12)17;3-2(4,5)1(6)7/h7,9H,2-6,8H2,1H3,(H,13,17);(H,6,7). The van der Waals surface area contributed by atoms with Crippen molar-refractivity contribution in [3.05, 3.63) is 12.5 Å². The summed E-state index contributed by atoms with van der Waals surface area (Å²) in [7, 11) is -1.88. The molecule has 1 aromatic heterocycles. The zero-order valence-corrected chi connectivity index (χ0v) is 15.2. The number of halogens is 3. The van der Waals surface area contributed by atoms with Gasteiger partial charge >= 0.3 is 12.1 Å². The van der Waals surface area contributed by atoms with E-state index in [9.17, 15) is 26.4 Å². The van der Waals surface area contributed by atoms with E-state index in [1.807, 2.05) is 0 Å². The van der Waals surface area contributed by atoms with Crippen LogP contribution in [0, 0.1) is 5.41 Å². The zero-order valence-electron chi connectivity index (χ0n) is 14.4. The highest BCUT2D eigenvalue weighted by molar-refractivity contribution is 7.89. The van der Waals surface area contributed by atoms with Crippen LogP contribution in [0.15, 0.2) is 17.6 Å². The summed E-state index contributed by atoms with van der Waals surface area (Å²) in [6.45, 7) is 1.35. The topological polar surface area (TPSA) is 122 Å². The van der Waals surface area contributed by atoms with Crippen LogP contribution in [0.4, 0.5) is 13.2 Å². The fraction of sp³-hybridized carbons (Fsp3) is 0.643. The first-order chi connectivity index (χ1) is 12.4. The molecule has 1 amide bonds. The number of nitrogens with one attached hydrogen (secondary N) is 1. The van der Waals surface area contributed by atoms with E-state index in [0.717, 1.165) is 6.42 Å². The summed E-state index contributed by atoms with van der Waals surface area (Å²) >= 11 is 0. The van der Waals surface area contributed by atoms with Crippen molar-refractivity contribution in [2.45, 2.75) is 30.5 Å². The van der Waals surface area contributed by atoms with E-state index >= 15 is 0 Å². The number of hydrogen-bond acceptors (Lipinski definition) is 5. The number of piperidine rings is 1. The maximum absolute atomic E-state index is 12.6. The number of aliphatic carboxylic acids is 1. The number of carboxylic acids is 1. The Kier molecular flexibility index (Phi) is 5.85. The second-order valence-electron chi connectivity index (χ2n) is 6.41. The third kappa shape index (κ3) is 4.58. The Bertz CT molecular complexity index is 823. The van der Waals surface area contributed by atoms with Gasteiger partial charge in [-0.2, -0.15) is 17.5 Å². The quantitative estimate of drug-likeness (QED) is 0.723. The molecule has 2 aliphatic heterocycles.